The van der Waals surface area contributed by atoms with Crippen LogP contribution in [0.4, 0.5) is 9.59 Å². The van der Waals surface area contributed by atoms with Gasteiger partial charge in [-0.05, 0) is 0 Å². The highest BCUT2D eigenvalue weighted by atomic mass is 35.5. The van der Waals surface area contributed by atoms with Crippen molar-refractivity contribution in [2.45, 2.75) is 38.5 Å². The van der Waals surface area contributed by atoms with Crippen LogP contribution in [0.25, 0.3) is 0 Å². The van der Waals surface area contributed by atoms with E-state index in [9.17, 15) is 9.59 Å². The van der Waals surface area contributed by atoms with Gasteiger partial charge in [-0.25, -0.2) is 9.59 Å². The minimum absolute atomic E-state index is 0.0825. The molecule has 16 heavy (non-hydrogen) atoms. The lowest BCUT2D eigenvalue weighted by Crippen LogP contribution is -2.06. The maximum Gasteiger partial charge on any atom is 0.403 e. The van der Waals surface area contributed by atoms with Gasteiger partial charge in [-0.2, -0.15) is 0 Å². The first-order valence-corrected chi connectivity index (χ1v) is 6.03. The fraction of sp³-hybridized carbons (Fsp3) is 0.800. The molecule has 1 aliphatic carbocycles. The Morgan fingerprint density at radius 3 is 1.19 bits per heavy atom. The average molecular weight is 271 g/mol. The SMILES string of the molecule is C1CCCCC1.O=C(Cl)OCCOC(=O)Cl. The summed E-state index contributed by atoms with van der Waals surface area (Å²) in [7, 11) is 0. The molecule has 4 nitrogen and oxygen atoms in total. The molecular weight excluding hydrogens is 255 g/mol. The normalized spacial score (nSPS) is 14.4. The van der Waals surface area contributed by atoms with Crippen molar-refractivity contribution in [2.75, 3.05) is 13.2 Å². The molecule has 0 aromatic rings. The number of halogens is 2. The molecule has 0 aromatic heterocycles. The predicted octanol–water partition coefficient (Wildman–Crippen LogP) is 4.08. The second kappa shape index (κ2) is 11.0. The van der Waals surface area contributed by atoms with Crippen molar-refractivity contribution in [3.05, 3.63) is 0 Å². The van der Waals surface area contributed by atoms with Gasteiger partial charge in [-0.1, -0.05) is 38.5 Å². The third-order valence-corrected chi connectivity index (χ3v) is 2.23. The van der Waals surface area contributed by atoms with E-state index in [2.05, 4.69) is 9.47 Å². The summed E-state index contributed by atoms with van der Waals surface area (Å²) in [6.07, 6.45) is 9.00. The van der Waals surface area contributed by atoms with E-state index in [4.69, 9.17) is 23.2 Å². The molecular formula is C10H16Cl2O4. The molecule has 0 radical (unpaired) electrons. The molecule has 1 fully saturated rings. The molecule has 94 valence electrons. The second-order valence-corrected chi connectivity index (χ2v) is 3.91. The van der Waals surface area contributed by atoms with Crippen molar-refractivity contribution >= 4 is 34.1 Å². The quantitative estimate of drug-likeness (QED) is 0.573. The molecule has 6 heteroatoms. The van der Waals surface area contributed by atoms with Crippen LogP contribution in [0.5, 0.6) is 0 Å². The standard InChI is InChI=1S/C6H12.C4H4Cl2O4/c1-2-4-6-5-3-1;5-3(7)9-1-2-10-4(6)8/h1-6H2;1-2H2. The minimum atomic E-state index is -0.939. The lowest BCUT2D eigenvalue weighted by molar-refractivity contribution is 0.121. The van der Waals surface area contributed by atoms with Crippen molar-refractivity contribution in [1.29, 1.82) is 0 Å². The average Bonchev–Trinajstić information content (AvgIpc) is 2.27. The number of hydrogen-bond acceptors (Lipinski definition) is 4. The highest BCUT2D eigenvalue weighted by Crippen LogP contribution is 2.15. The molecule has 0 aromatic carbocycles. The Labute approximate surface area is 105 Å². The molecule has 1 aliphatic rings. The Morgan fingerprint density at radius 1 is 0.750 bits per heavy atom. The Hall–Kier alpha value is -0.480. The van der Waals surface area contributed by atoms with Crippen LogP contribution in [0.15, 0.2) is 0 Å². The van der Waals surface area contributed by atoms with Crippen molar-refractivity contribution in [3.8, 4) is 0 Å². The monoisotopic (exact) mass is 270 g/mol. The van der Waals surface area contributed by atoms with Gasteiger partial charge in [0.2, 0.25) is 0 Å². The smallest absolute Gasteiger partial charge is 0.403 e. The van der Waals surface area contributed by atoms with Crippen molar-refractivity contribution in [1.82, 2.24) is 0 Å². The number of carbonyl (C=O) groups excluding carboxylic acids is 2. The molecule has 0 atom stereocenters. The van der Waals surface area contributed by atoms with Crippen molar-refractivity contribution in [3.63, 3.8) is 0 Å². The molecule has 0 saturated heterocycles. The number of rotatable bonds is 3. The molecule has 0 heterocycles. The Balaban J connectivity index is 0.000000315. The van der Waals surface area contributed by atoms with Gasteiger partial charge < -0.3 is 9.47 Å². The van der Waals surface area contributed by atoms with E-state index < -0.39 is 10.9 Å². The predicted molar refractivity (Wildman–Crippen MR) is 62.1 cm³/mol. The molecule has 0 spiro atoms. The van der Waals surface area contributed by atoms with Crippen LogP contribution in [0, 0.1) is 0 Å². The zero-order chi connectivity index (χ0) is 12.2. The van der Waals surface area contributed by atoms with E-state index in [0.717, 1.165) is 0 Å². The van der Waals surface area contributed by atoms with Crippen molar-refractivity contribution < 1.29 is 19.1 Å². The van der Waals surface area contributed by atoms with Crippen LogP contribution in [0.3, 0.4) is 0 Å². The molecule has 0 bridgehead atoms. The first-order chi connectivity index (χ1) is 7.63. The van der Waals surface area contributed by atoms with Gasteiger partial charge in [0, 0.05) is 23.2 Å². The third-order valence-electron chi connectivity index (χ3n) is 2.01. The van der Waals surface area contributed by atoms with Gasteiger partial charge >= 0.3 is 10.9 Å². The van der Waals surface area contributed by atoms with Gasteiger partial charge in [0.15, 0.2) is 0 Å². The third kappa shape index (κ3) is 13.5. The summed E-state index contributed by atoms with van der Waals surface area (Å²) in [4.78, 5) is 19.7. The number of ether oxygens (including phenoxy) is 2. The summed E-state index contributed by atoms with van der Waals surface area (Å²) >= 11 is 9.52. The van der Waals surface area contributed by atoms with Gasteiger partial charge in [0.05, 0.1) is 0 Å². The highest BCUT2D eigenvalue weighted by molar-refractivity contribution is 6.61. The molecule has 0 unspecified atom stereocenters. The Bertz CT molecular complexity index is 177. The largest absolute Gasteiger partial charge is 0.450 e. The van der Waals surface area contributed by atoms with Crippen LogP contribution >= 0.6 is 23.2 Å². The first-order valence-electron chi connectivity index (χ1n) is 5.27. The zero-order valence-corrected chi connectivity index (χ0v) is 10.6. The maximum atomic E-state index is 9.86. The molecule has 0 N–H and O–H groups in total. The van der Waals surface area contributed by atoms with Gasteiger partial charge in [-0.15, -0.1) is 0 Å². The molecule has 0 amide bonds. The summed E-state index contributed by atoms with van der Waals surface area (Å²) in [5, 5.41) is 0. The Kier molecular flexibility index (Phi) is 10.7. The highest BCUT2D eigenvalue weighted by Gasteiger charge is 1.97. The van der Waals surface area contributed by atoms with E-state index in [1.165, 1.54) is 38.5 Å². The lowest BCUT2D eigenvalue weighted by Gasteiger charge is -2.05. The first kappa shape index (κ1) is 15.5. The topological polar surface area (TPSA) is 52.6 Å². The van der Waals surface area contributed by atoms with Crippen molar-refractivity contribution in [2.24, 2.45) is 0 Å². The molecule has 1 rings (SSSR count). The van der Waals surface area contributed by atoms with E-state index in [1.54, 1.807) is 0 Å². The maximum absolute atomic E-state index is 9.86. The summed E-state index contributed by atoms with van der Waals surface area (Å²) in [5.74, 6) is 0. The van der Waals surface area contributed by atoms with Crippen LogP contribution in [-0.2, 0) is 9.47 Å². The van der Waals surface area contributed by atoms with Gasteiger partial charge in [0.25, 0.3) is 0 Å². The summed E-state index contributed by atoms with van der Waals surface area (Å²) in [5.41, 5.74) is -1.88. The van der Waals surface area contributed by atoms with Crippen LogP contribution in [0.2, 0.25) is 0 Å². The molecule has 1 saturated carbocycles. The van der Waals surface area contributed by atoms with Crippen LogP contribution < -0.4 is 0 Å². The minimum Gasteiger partial charge on any atom is -0.450 e. The van der Waals surface area contributed by atoms with Gasteiger partial charge in [-0.3, -0.25) is 0 Å². The number of carbonyl (C=O) groups is 2. The van der Waals surface area contributed by atoms with E-state index in [1.807, 2.05) is 0 Å². The zero-order valence-electron chi connectivity index (χ0n) is 9.05. The fourth-order valence-corrected chi connectivity index (χ4v) is 1.46. The van der Waals surface area contributed by atoms with E-state index >= 15 is 0 Å². The molecule has 0 aliphatic heterocycles. The van der Waals surface area contributed by atoms with Gasteiger partial charge in [0.1, 0.15) is 13.2 Å². The van der Waals surface area contributed by atoms with E-state index in [0.29, 0.717) is 0 Å². The fourth-order valence-electron chi connectivity index (χ4n) is 1.30. The second-order valence-electron chi connectivity index (χ2n) is 3.29. The summed E-state index contributed by atoms with van der Waals surface area (Å²) in [6, 6.07) is 0. The summed E-state index contributed by atoms with van der Waals surface area (Å²) < 4.78 is 8.37. The van der Waals surface area contributed by atoms with Crippen LogP contribution in [0.1, 0.15) is 38.5 Å². The number of hydrogen-bond donors (Lipinski definition) is 0. The lowest BCUT2D eigenvalue weighted by atomic mass is 10.0. The van der Waals surface area contributed by atoms with Crippen LogP contribution in [-0.4, -0.2) is 24.1 Å². The van der Waals surface area contributed by atoms with E-state index in [-0.39, 0.29) is 13.2 Å². The summed E-state index contributed by atoms with van der Waals surface area (Å²) in [6.45, 7) is -0.165. The Morgan fingerprint density at radius 2 is 1.00 bits per heavy atom.